The average Bonchev–Trinajstić information content (AvgIpc) is 3.87. The number of piperidine rings is 2. The lowest BCUT2D eigenvalue weighted by molar-refractivity contribution is -0.136. The number of aromatic amines is 1. The molecule has 53 heavy (non-hydrogen) atoms. The van der Waals surface area contributed by atoms with Crippen molar-refractivity contribution in [1.82, 2.24) is 49.1 Å². The first-order chi connectivity index (χ1) is 25.6. The van der Waals surface area contributed by atoms with Crippen LogP contribution in [-0.2, 0) is 21.4 Å². The number of hydrogen-bond acceptors (Lipinski definition) is 11. The van der Waals surface area contributed by atoms with E-state index in [4.69, 9.17) is 9.84 Å². The number of aromatic nitrogens is 8. The fourth-order valence-electron chi connectivity index (χ4n) is 7.23. The molecular formula is C36H46N12O5. The van der Waals surface area contributed by atoms with Gasteiger partial charge in [-0.25, -0.2) is 9.78 Å². The molecule has 1 unspecified atom stereocenters. The Morgan fingerprint density at radius 1 is 1.09 bits per heavy atom. The molecule has 3 amide bonds. The molecule has 0 bridgehead atoms. The molecule has 2 aliphatic heterocycles. The van der Waals surface area contributed by atoms with Gasteiger partial charge in [-0.2, -0.15) is 14.6 Å². The van der Waals surface area contributed by atoms with Crippen LogP contribution < -0.4 is 26.4 Å². The molecule has 3 atom stereocenters. The van der Waals surface area contributed by atoms with Gasteiger partial charge in [-0.1, -0.05) is 13.3 Å². The van der Waals surface area contributed by atoms with Gasteiger partial charge in [0.15, 0.2) is 5.65 Å². The van der Waals surface area contributed by atoms with E-state index in [1.807, 2.05) is 36.9 Å². The molecule has 17 nitrogen and oxygen atoms in total. The monoisotopic (exact) mass is 726 g/mol. The number of hydrogen-bond donors (Lipinski definition) is 4. The third-order valence-corrected chi connectivity index (χ3v) is 10.0. The highest BCUT2D eigenvalue weighted by Gasteiger charge is 2.32. The minimum absolute atomic E-state index is 0.0952. The maximum Gasteiger partial charge on any atom is 0.329 e. The molecule has 0 saturated carbocycles. The number of imidazole rings is 1. The molecule has 5 aromatic rings. The fourth-order valence-corrected chi connectivity index (χ4v) is 7.23. The third-order valence-electron chi connectivity index (χ3n) is 10.0. The van der Waals surface area contributed by atoms with Gasteiger partial charge in [-0.15, -0.1) is 5.10 Å². The molecular weight excluding hydrogens is 680 g/mol. The van der Waals surface area contributed by atoms with Gasteiger partial charge in [0.1, 0.15) is 11.7 Å². The molecule has 1 aromatic carbocycles. The lowest BCUT2D eigenvalue weighted by Gasteiger charge is -2.37. The van der Waals surface area contributed by atoms with Crippen LogP contribution in [0.4, 0.5) is 11.6 Å². The van der Waals surface area contributed by atoms with Crippen molar-refractivity contribution in [2.75, 3.05) is 30.3 Å². The number of amides is 3. The van der Waals surface area contributed by atoms with Crippen LogP contribution in [0.3, 0.4) is 0 Å². The minimum Gasteiger partial charge on any atom is -0.473 e. The van der Waals surface area contributed by atoms with Crippen LogP contribution in [0.2, 0.25) is 0 Å². The summed E-state index contributed by atoms with van der Waals surface area (Å²) in [7, 11) is 1.68. The molecule has 2 aliphatic rings. The van der Waals surface area contributed by atoms with E-state index in [0.29, 0.717) is 60.1 Å². The highest BCUT2D eigenvalue weighted by molar-refractivity contribution is 6.00. The van der Waals surface area contributed by atoms with Crippen LogP contribution >= 0.6 is 0 Å². The van der Waals surface area contributed by atoms with E-state index < -0.39 is 11.9 Å². The second-order valence-corrected chi connectivity index (χ2v) is 14.2. The zero-order chi connectivity index (χ0) is 37.2. The third kappa shape index (κ3) is 7.45. The van der Waals surface area contributed by atoms with Crippen molar-refractivity contribution in [2.24, 2.45) is 13.0 Å². The van der Waals surface area contributed by atoms with Gasteiger partial charge < -0.3 is 20.3 Å². The van der Waals surface area contributed by atoms with E-state index in [2.05, 4.69) is 43.0 Å². The number of ether oxygens (including phenoxy) is 1. The zero-order valence-electron chi connectivity index (χ0n) is 30.5. The van der Waals surface area contributed by atoms with E-state index in [0.717, 1.165) is 43.5 Å². The number of unbranched alkanes of at least 4 members (excludes halogenated alkanes) is 2. The van der Waals surface area contributed by atoms with Crippen LogP contribution in [-0.4, -0.2) is 93.3 Å². The molecule has 17 heteroatoms. The van der Waals surface area contributed by atoms with Gasteiger partial charge in [0, 0.05) is 63.0 Å². The second kappa shape index (κ2) is 15.1. The molecule has 2 saturated heterocycles. The topological polar surface area (TPSA) is 198 Å². The van der Waals surface area contributed by atoms with E-state index in [9.17, 15) is 19.2 Å². The molecule has 4 N–H and O–H groups in total. The Morgan fingerprint density at radius 3 is 2.70 bits per heavy atom. The first kappa shape index (κ1) is 35.7. The first-order valence-corrected chi connectivity index (χ1v) is 18.3. The maximum absolute atomic E-state index is 13.1. The van der Waals surface area contributed by atoms with Crippen molar-refractivity contribution in [3.63, 3.8) is 0 Å². The zero-order valence-corrected chi connectivity index (χ0v) is 30.5. The number of benzene rings is 1. The maximum atomic E-state index is 13.1. The van der Waals surface area contributed by atoms with E-state index in [-0.39, 0.29) is 42.0 Å². The van der Waals surface area contributed by atoms with Gasteiger partial charge in [-0.05, 0) is 63.6 Å². The Balaban J connectivity index is 0.867. The molecule has 0 aliphatic carbocycles. The average molecular weight is 727 g/mol. The summed E-state index contributed by atoms with van der Waals surface area (Å²) in [6, 6.07) is 5.03. The number of rotatable bonds is 13. The number of anilines is 2. The summed E-state index contributed by atoms with van der Waals surface area (Å²) in [6.07, 6.45) is 9.40. The largest absolute Gasteiger partial charge is 0.473 e. The summed E-state index contributed by atoms with van der Waals surface area (Å²) in [5.41, 5.74) is 3.93. The predicted molar refractivity (Wildman–Crippen MR) is 197 cm³/mol. The lowest BCUT2D eigenvalue weighted by atomic mass is 9.93. The Kier molecular flexibility index (Phi) is 10.1. The number of imide groups is 1. The van der Waals surface area contributed by atoms with E-state index in [1.165, 1.54) is 9.13 Å². The van der Waals surface area contributed by atoms with E-state index >= 15 is 0 Å². The first-order valence-electron chi connectivity index (χ1n) is 18.3. The number of fused-ring (bicyclic) bond motifs is 2. The van der Waals surface area contributed by atoms with Gasteiger partial charge in [0.05, 0.1) is 29.5 Å². The summed E-state index contributed by atoms with van der Waals surface area (Å²) in [5, 5.41) is 20.8. The standard InChI is InChI=1S/C36H46N12O5/c1-21(2)53-34-32(23-17-39-40-18-23)38-19-29-42-35(44-48(29)34)41-25-13-15-46(20-22(25)3)31(50)8-6-5-7-14-37-24-9-10-26-28(16-24)45(4)36(52)47(26)27-11-12-30(49)43-33(27)51/h9-10,16-19,21-22,25,27,37H,5-8,11-15,20H2,1-4H3,(H,39,40)(H,41,44)(H,43,49,51)/t22-,25+,27?/m1/s1. The van der Waals surface area contributed by atoms with Gasteiger partial charge in [-0.3, -0.25) is 33.9 Å². The number of likely N-dealkylation sites (tertiary alicyclic amines) is 1. The van der Waals surface area contributed by atoms with Crippen LogP contribution in [0.25, 0.3) is 27.9 Å². The molecule has 4 aromatic heterocycles. The number of aryl methyl sites for hydroxylation is 1. The Morgan fingerprint density at radius 2 is 1.94 bits per heavy atom. The summed E-state index contributed by atoms with van der Waals surface area (Å²) in [4.78, 5) is 61.5. The lowest BCUT2D eigenvalue weighted by Crippen LogP contribution is -2.47. The van der Waals surface area contributed by atoms with Crippen molar-refractivity contribution in [3.8, 4) is 17.1 Å². The van der Waals surface area contributed by atoms with Crippen LogP contribution in [0, 0.1) is 5.92 Å². The van der Waals surface area contributed by atoms with E-state index in [1.54, 1.807) is 30.2 Å². The number of nitrogens with one attached hydrogen (secondary N) is 4. The Bertz CT molecular complexity index is 2190. The number of carbonyl (C=O) groups excluding carboxylic acids is 3. The van der Waals surface area contributed by atoms with Crippen molar-refractivity contribution in [3.05, 3.63) is 47.3 Å². The fraction of sp³-hybridized carbons (Fsp3) is 0.500. The highest BCUT2D eigenvalue weighted by Crippen LogP contribution is 2.30. The van der Waals surface area contributed by atoms with Crippen molar-refractivity contribution >= 4 is 46.0 Å². The van der Waals surface area contributed by atoms with Crippen molar-refractivity contribution in [2.45, 2.75) is 83.9 Å². The number of nitrogens with zero attached hydrogens (tertiary/aromatic N) is 8. The normalized spacial score (nSPS) is 19.3. The Labute approximate surface area is 305 Å². The van der Waals surface area contributed by atoms with Crippen molar-refractivity contribution in [1.29, 1.82) is 0 Å². The molecule has 0 spiro atoms. The van der Waals surface area contributed by atoms with Gasteiger partial charge in [0.2, 0.25) is 29.5 Å². The number of carbonyl (C=O) groups is 3. The molecule has 6 heterocycles. The van der Waals surface area contributed by atoms with Crippen LogP contribution in [0.5, 0.6) is 5.88 Å². The molecule has 2 fully saturated rings. The molecule has 7 rings (SSSR count). The second-order valence-electron chi connectivity index (χ2n) is 14.2. The highest BCUT2D eigenvalue weighted by atomic mass is 16.5. The van der Waals surface area contributed by atoms with Crippen molar-refractivity contribution < 1.29 is 19.1 Å². The summed E-state index contributed by atoms with van der Waals surface area (Å²) in [6.45, 7) is 8.09. The summed E-state index contributed by atoms with van der Waals surface area (Å²) < 4.78 is 10.8. The molecule has 0 radical (unpaired) electrons. The summed E-state index contributed by atoms with van der Waals surface area (Å²) >= 11 is 0. The summed E-state index contributed by atoms with van der Waals surface area (Å²) in [5.74, 6) is 0.600. The number of H-pyrrole nitrogens is 1. The smallest absolute Gasteiger partial charge is 0.329 e. The quantitative estimate of drug-likeness (QED) is 0.103. The van der Waals surface area contributed by atoms with Crippen LogP contribution in [0.1, 0.15) is 71.8 Å². The van der Waals surface area contributed by atoms with Crippen LogP contribution in [0.15, 0.2) is 41.6 Å². The van der Waals surface area contributed by atoms with Gasteiger partial charge in [0.25, 0.3) is 0 Å². The van der Waals surface area contributed by atoms with Gasteiger partial charge >= 0.3 is 5.69 Å². The SMILES string of the molecule is CC(C)Oc1c(-c2cn[nH]c2)ncc2nc(N[C@H]3CCN(C(=O)CCCCCNc4ccc5c(c4)n(C)c(=O)n5C4CCC(=O)NC4=O)C[C@H]3C)nn12. The minimum atomic E-state index is -0.711. The molecule has 280 valence electrons. The Hall–Kier alpha value is -5.74. The predicted octanol–water partition coefficient (Wildman–Crippen LogP) is 3.25.